The SMILES string of the molecule is CCNC(=NCC(C)(C)CCS(C)(=O)=O)N1CCN(c2ccccc2OC)CC1. The van der Waals surface area contributed by atoms with E-state index in [0.29, 0.717) is 13.0 Å². The monoisotopic (exact) mass is 424 g/mol. The second kappa shape index (κ2) is 10.2. The van der Waals surface area contributed by atoms with Crippen molar-refractivity contribution >= 4 is 21.5 Å². The standard InChI is InChI=1S/C21H36N4O3S/c1-6-22-20(23-17-21(2,3)11-16-29(5,26)27)25-14-12-24(13-15-25)18-9-7-8-10-19(18)28-4/h7-10H,6,11-17H2,1-5H3,(H,22,23). The summed E-state index contributed by atoms with van der Waals surface area (Å²) in [5, 5.41) is 3.39. The lowest BCUT2D eigenvalue weighted by atomic mass is 9.90. The molecule has 1 fully saturated rings. The van der Waals surface area contributed by atoms with E-state index in [9.17, 15) is 8.42 Å². The second-order valence-electron chi connectivity index (χ2n) is 8.36. The van der Waals surface area contributed by atoms with E-state index in [-0.39, 0.29) is 11.2 Å². The number of ether oxygens (including phenoxy) is 1. The summed E-state index contributed by atoms with van der Waals surface area (Å²) >= 11 is 0. The van der Waals surface area contributed by atoms with Gasteiger partial charge in [-0.2, -0.15) is 0 Å². The van der Waals surface area contributed by atoms with Gasteiger partial charge in [0.1, 0.15) is 15.6 Å². The van der Waals surface area contributed by atoms with Crippen LogP contribution in [0, 0.1) is 5.41 Å². The maximum absolute atomic E-state index is 11.5. The van der Waals surface area contributed by atoms with Crippen molar-refractivity contribution in [2.24, 2.45) is 10.4 Å². The molecule has 0 aliphatic carbocycles. The minimum absolute atomic E-state index is 0.164. The van der Waals surface area contributed by atoms with E-state index < -0.39 is 9.84 Å². The number of benzene rings is 1. The highest BCUT2D eigenvalue weighted by molar-refractivity contribution is 7.90. The maximum atomic E-state index is 11.5. The molecule has 1 N–H and O–H groups in total. The fourth-order valence-corrected chi connectivity index (χ4v) is 4.23. The van der Waals surface area contributed by atoms with E-state index >= 15 is 0 Å². The molecule has 164 valence electrons. The summed E-state index contributed by atoms with van der Waals surface area (Å²) in [4.78, 5) is 9.46. The fraction of sp³-hybridized carbons (Fsp3) is 0.667. The molecule has 7 nitrogen and oxygen atoms in total. The van der Waals surface area contributed by atoms with E-state index in [2.05, 4.69) is 42.0 Å². The molecule has 0 unspecified atom stereocenters. The number of anilines is 1. The van der Waals surface area contributed by atoms with Gasteiger partial charge in [0.15, 0.2) is 5.96 Å². The number of nitrogens with one attached hydrogen (secondary N) is 1. The summed E-state index contributed by atoms with van der Waals surface area (Å²) in [6.07, 6.45) is 1.90. The summed E-state index contributed by atoms with van der Waals surface area (Å²) < 4.78 is 28.5. The van der Waals surface area contributed by atoms with Gasteiger partial charge < -0.3 is 19.9 Å². The number of hydrogen-bond donors (Lipinski definition) is 1. The Hall–Kier alpha value is -1.96. The zero-order chi connectivity index (χ0) is 21.5. The van der Waals surface area contributed by atoms with Gasteiger partial charge in [0.2, 0.25) is 0 Å². The molecule has 0 bridgehead atoms. The quantitative estimate of drug-likeness (QED) is 0.510. The molecule has 1 aromatic carbocycles. The number of hydrogen-bond acceptors (Lipinski definition) is 5. The lowest BCUT2D eigenvalue weighted by Gasteiger charge is -2.38. The molecule has 1 aliphatic rings. The predicted octanol–water partition coefficient (Wildman–Crippen LogP) is 2.24. The molecule has 1 heterocycles. The van der Waals surface area contributed by atoms with Crippen LogP contribution < -0.4 is 15.0 Å². The second-order valence-corrected chi connectivity index (χ2v) is 10.6. The Bertz CT molecular complexity index is 785. The van der Waals surface area contributed by atoms with Crippen LogP contribution in [0.1, 0.15) is 27.2 Å². The van der Waals surface area contributed by atoms with Crippen molar-refractivity contribution in [2.45, 2.75) is 27.2 Å². The minimum atomic E-state index is -2.96. The highest BCUT2D eigenvalue weighted by Crippen LogP contribution is 2.28. The Morgan fingerprint density at radius 3 is 2.45 bits per heavy atom. The molecule has 0 aromatic heterocycles. The Kier molecular flexibility index (Phi) is 8.19. The Balaban J connectivity index is 2.00. The van der Waals surface area contributed by atoms with Crippen molar-refractivity contribution in [2.75, 3.05) is 63.3 Å². The molecule has 8 heteroatoms. The predicted molar refractivity (Wildman–Crippen MR) is 121 cm³/mol. The molecule has 1 aromatic rings. The van der Waals surface area contributed by atoms with Gasteiger partial charge in [-0.05, 0) is 30.9 Å². The number of sulfone groups is 1. The van der Waals surface area contributed by atoms with Crippen molar-refractivity contribution in [3.63, 3.8) is 0 Å². The van der Waals surface area contributed by atoms with Gasteiger partial charge in [0.05, 0.1) is 18.6 Å². The average Bonchev–Trinajstić information content (AvgIpc) is 2.69. The van der Waals surface area contributed by atoms with Crippen LogP contribution in [0.3, 0.4) is 0 Å². The molecule has 0 spiro atoms. The van der Waals surface area contributed by atoms with Crippen LogP contribution in [-0.2, 0) is 9.84 Å². The number of para-hydroxylation sites is 2. The van der Waals surface area contributed by atoms with Crippen molar-refractivity contribution < 1.29 is 13.2 Å². The van der Waals surface area contributed by atoms with Crippen molar-refractivity contribution in [3.8, 4) is 5.75 Å². The minimum Gasteiger partial charge on any atom is -0.495 e. The normalized spacial score (nSPS) is 16.1. The van der Waals surface area contributed by atoms with Gasteiger partial charge >= 0.3 is 0 Å². The first-order chi connectivity index (χ1) is 13.6. The number of methoxy groups -OCH3 is 1. The van der Waals surface area contributed by atoms with Crippen molar-refractivity contribution in [3.05, 3.63) is 24.3 Å². The smallest absolute Gasteiger partial charge is 0.194 e. The first kappa shape index (κ1) is 23.3. The molecule has 2 rings (SSSR count). The summed E-state index contributed by atoms with van der Waals surface area (Å²) in [5.41, 5.74) is 0.960. The van der Waals surface area contributed by atoms with Crippen LogP contribution in [0.5, 0.6) is 5.75 Å². The lowest BCUT2D eigenvalue weighted by Crippen LogP contribution is -2.52. The van der Waals surface area contributed by atoms with E-state index in [1.165, 1.54) is 6.26 Å². The zero-order valence-electron chi connectivity index (χ0n) is 18.4. The first-order valence-electron chi connectivity index (χ1n) is 10.2. The van der Waals surface area contributed by atoms with Crippen molar-refractivity contribution in [1.29, 1.82) is 0 Å². The fourth-order valence-electron chi connectivity index (χ4n) is 3.31. The lowest BCUT2D eigenvalue weighted by molar-refractivity contribution is 0.347. The Morgan fingerprint density at radius 1 is 1.21 bits per heavy atom. The molecule has 0 saturated carbocycles. The molecule has 0 radical (unpaired) electrons. The molecular formula is C21H36N4O3S. The Morgan fingerprint density at radius 2 is 1.86 bits per heavy atom. The van der Waals surface area contributed by atoms with E-state index in [1.54, 1.807) is 7.11 Å². The molecule has 0 amide bonds. The average molecular weight is 425 g/mol. The third-order valence-corrected chi connectivity index (χ3v) is 6.09. The highest BCUT2D eigenvalue weighted by atomic mass is 32.2. The van der Waals surface area contributed by atoms with Crippen LogP contribution in [0.15, 0.2) is 29.3 Å². The molecule has 29 heavy (non-hydrogen) atoms. The van der Waals surface area contributed by atoms with Gasteiger partial charge in [0.25, 0.3) is 0 Å². The van der Waals surface area contributed by atoms with E-state index in [0.717, 1.165) is 50.1 Å². The molecule has 0 atom stereocenters. The molecule has 1 aliphatic heterocycles. The van der Waals surface area contributed by atoms with Gasteiger partial charge in [-0.15, -0.1) is 0 Å². The number of guanidine groups is 1. The number of piperazine rings is 1. The van der Waals surface area contributed by atoms with Gasteiger partial charge in [-0.25, -0.2) is 8.42 Å². The van der Waals surface area contributed by atoms with Crippen LogP contribution in [0.4, 0.5) is 5.69 Å². The third-order valence-electron chi connectivity index (χ3n) is 5.15. The largest absolute Gasteiger partial charge is 0.495 e. The van der Waals surface area contributed by atoms with Crippen LogP contribution in [-0.4, -0.2) is 77.7 Å². The zero-order valence-corrected chi connectivity index (χ0v) is 19.3. The summed E-state index contributed by atoms with van der Waals surface area (Å²) in [7, 11) is -1.25. The number of aliphatic imine (C=N–C) groups is 1. The van der Waals surface area contributed by atoms with Crippen LogP contribution >= 0.6 is 0 Å². The first-order valence-corrected chi connectivity index (χ1v) is 12.3. The van der Waals surface area contributed by atoms with Crippen molar-refractivity contribution in [1.82, 2.24) is 10.2 Å². The van der Waals surface area contributed by atoms with E-state index in [1.807, 2.05) is 18.2 Å². The van der Waals surface area contributed by atoms with E-state index in [4.69, 9.17) is 9.73 Å². The van der Waals surface area contributed by atoms with Crippen LogP contribution in [0.25, 0.3) is 0 Å². The summed E-state index contributed by atoms with van der Waals surface area (Å²) in [6, 6.07) is 8.11. The van der Waals surface area contributed by atoms with Gasteiger partial charge in [-0.1, -0.05) is 26.0 Å². The summed E-state index contributed by atoms with van der Waals surface area (Å²) in [5.74, 6) is 2.00. The molecular weight excluding hydrogens is 388 g/mol. The third kappa shape index (κ3) is 7.42. The maximum Gasteiger partial charge on any atom is 0.194 e. The number of nitrogens with zero attached hydrogens (tertiary/aromatic N) is 3. The van der Waals surface area contributed by atoms with Gasteiger partial charge in [0, 0.05) is 45.5 Å². The number of rotatable bonds is 8. The topological polar surface area (TPSA) is 74.2 Å². The molecule has 1 saturated heterocycles. The highest BCUT2D eigenvalue weighted by Gasteiger charge is 2.24. The Labute approximate surface area is 176 Å². The summed E-state index contributed by atoms with van der Waals surface area (Å²) in [6.45, 7) is 11.1. The van der Waals surface area contributed by atoms with Gasteiger partial charge in [-0.3, -0.25) is 4.99 Å². The van der Waals surface area contributed by atoms with Crippen LogP contribution in [0.2, 0.25) is 0 Å².